The summed E-state index contributed by atoms with van der Waals surface area (Å²) in [5.74, 6) is 1.66. The molecule has 0 atom stereocenters. The molecule has 2 fully saturated rings. The molecular weight excluding hydrogens is 446 g/mol. The zero-order valence-electron chi connectivity index (χ0n) is 21.0. The van der Waals surface area contributed by atoms with Crippen LogP contribution in [0.5, 0.6) is 0 Å². The molecule has 1 aliphatic heterocycles. The maximum absolute atomic E-state index is 12.2. The van der Waals surface area contributed by atoms with Crippen LogP contribution >= 0.6 is 0 Å². The molecule has 0 radical (unpaired) electrons. The Hall–Kier alpha value is -2.32. The lowest BCUT2D eigenvalue weighted by Gasteiger charge is -2.30. The Morgan fingerprint density at radius 3 is 2.32 bits per heavy atom. The van der Waals surface area contributed by atoms with Gasteiger partial charge in [-0.2, -0.15) is 0 Å². The second-order valence-corrected chi connectivity index (χ2v) is 13.4. The molecule has 1 saturated carbocycles. The molecule has 0 unspecified atom stereocenters. The molecular formula is C26H38N5O2S+. The number of aromatic nitrogens is 2. The Bertz CT molecular complexity index is 993. The van der Waals surface area contributed by atoms with Crippen LogP contribution in [-0.4, -0.2) is 53.1 Å². The molecule has 1 aromatic carbocycles. The summed E-state index contributed by atoms with van der Waals surface area (Å²) >= 11 is 1.31. The van der Waals surface area contributed by atoms with Gasteiger partial charge < -0.3 is 20.3 Å². The van der Waals surface area contributed by atoms with Crippen LogP contribution in [0.1, 0.15) is 59.6 Å². The van der Waals surface area contributed by atoms with Crippen molar-refractivity contribution in [1.29, 1.82) is 0 Å². The number of nitrogens with one attached hydrogen (secondary N) is 2. The number of morpholine rings is 1. The average molecular weight is 485 g/mol. The van der Waals surface area contributed by atoms with Crippen molar-refractivity contribution in [2.45, 2.75) is 69.4 Å². The number of hydrogen-bond acceptors (Lipinski definition) is 5. The molecule has 8 heteroatoms. The summed E-state index contributed by atoms with van der Waals surface area (Å²) in [6.07, 6.45) is 3.32. The zero-order chi connectivity index (χ0) is 24.3. The Morgan fingerprint density at radius 2 is 1.74 bits per heavy atom. The van der Waals surface area contributed by atoms with Gasteiger partial charge in [-0.3, -0.25) is 0 Å². The lowest BCUT2D eigenvalue weighted by atomic mass is 9.93. The summed E-state index contributed by atoms with van der Waals surface area (Å²) in [6.45, 7) is 14.4. The molecule has 1 saturated heterocycles. The van der Waals surface area contributed by atoms with Crippen molar-refractivity contribution >= 4 is 29.3 Å². The molecule has 7 nitrogen and oxygen atoms in total. The fourth-order valence-electron chi connectivity index (χ4n) is 4.33. The number of thiol groups is 1. The molecule has 34 heavy (non-hydrogen) atoms. The molecule has 1 aliphatic carbocycles. The van der Waals surface area contributed by atoms with E-state index in [2.05, 4.69) is 56.2 Å². The first-order valence-corrected chi connectivity index (χ1v) is 13.1. The highest BCUT2D eigenvalue weighted by Gasteiger charge is 2.38. The number of benzene rings is 1. The van der Waals surface area contributed by atoms with Gasteiger partial charge in [0.15, 0.2) is 10.6 Å². The minimum atomic E-state index is -0.145. The van der Waals surface area contributed by atoms with Crippen molar-refractivity contribution in [3.05, 3.63) is 36.0 Å². The monoisotopic (exact) mass is 484 g/mol. The second-order valence-electron chi connectivity index (χ2n) is 10.7. The number of anilines is 2. The maximum atomic E-state index is 12.2. The maximum Gasteiger partial charge on any atom is 0.319 e. The third-order valence-electron chi connectivity index (χ3n) is 6.13. The normalized spacial score (nSPS) is 17.3. The number of ether oxygens (including phenoxy) is 1. The van der Waals surface area contributed by atoms with Crippen molar-refractivity contribution in [1.82, 2.24) is 15.3 Å². The topological polar surface area (TPSA) is 79.4 Å². The number of nitrogens with zero attached hydrogens (tertiary/aromatic N) is 3. The van der Waals surface area contributed by atoms with E-state index in [0.717, 1.165) is 48.7 Å². The summed E-state index contributed by atoms with van der Waals surface area (Å²) in [5.41, 5.74) is 2.74. The fourth-order valence-corrected chi connectivity index (χ4v) is 6.24. The Balaban J connectivity index is 1.59. The molecule has 184 valence electrons. The third kappa shape index (κ3) is 6.42. The number of rotatable bonds is 6. The zero-order valence-corrected chi connectivity index (χ0v) is 21.9. The number of carbonyl (C=O) groups is 1. The average Bonchev–Trinajstić information content (AvgIpc) is 2.75. The van der Waals surface area contributed by atoms with Crippen molar-refractivity contribution in [3.63, 3.8) is 0 Å². The van der Waals surface area contributed by atoms with E-state index >= 15 is 0 Å². The van der Waals surface area contributed by atoms with Gasteiger partial charge in [-0.05, 0) is 89.9 Å². The first-order chi connectivity index (χ1) is 16.1. The molecule has 2 N–H and O–H groups in total. The lowest BCUT2D eigenvalue weighted by Crippen LogP contribution is -2.41. The Labute approximate surface area is 207 Å². The van der Waals surface area contributed by atoms with E-state index in [4.69, 9.17) is 14.7 Å². The number of hydrogen-bond donors (Lipinski definition) is 2. The molecule has 0 spiro atoms. The van der Waals surface area contributed by atoms with E-state index in [-0.39, 0.29) is 15.5 Å². The summed E-state index contributed by atoms with van der Waals surface area (Å²) < 4.78 is 5.58. The summed E-state index contributed by atoms with van der Waals surface area (Å²) in [4.78, 5) is 24.4. The van der Waals surface area contributed by atoms with E-state index < -0.39 is 0 Å². The first kappa shape index (κ1) is 24.8. The molecule has 2 aliphatic rings. The number of amides is 2. The van der Waals surface area contributed by atoms with E-state index in [9.17, 15) is 4.79 Å². The summed E-state index contributed by atoms with van der Waals surface area (Å²) in [5, 5.41) is 5.94. The van der Waals surface area contributed by atoms with E-state index in [1.165, 1.54) is 18.2 Å². The van der Waals surface area contributed by atoms with Crippen molar-refractivity contribution in [3.8, 4) is 11.4 Å². The van der Waals surface area contributed by atoms with Crippen LogP contribution in [0.15, 0.2) is 30.3 Å². The van der Waals surface area contributed by atoms with Crippen LogP contribution < -0.4 is 15.5 Å². The van der Waals surface area contributed by atoms with Gasteiger partial charge in [0, 0.05) is 36.4 Å². The quantitative estimate of drug-likeness (QED) is 0.466. The van der Waals surface area contributed by atoms with E-state index in [0.29, 0.717) is 25.1 Å². The fraction of sp³-hybridized carbons (Fsp3) is 0.577. The van der Waals surface area contributed by atoms with Crippen LogP contribution in [0.2, 0.25) is 0 Å². The standard InChI is InChI=1S/C26H37N5O2S/c1-25(2,3)34-26(4,5)21-17-22(31-13-15-33-16-14-31)30-23(29-21)18-9-11-20(12-10-18)28-24(32)27-19-7-6-8-19/h9-12,17,19H,6-8,13-16H2,1-5H3,(H2,27,28,32)/p+1. The number of carbonyl (C=O) groups excluding carboxylic acids is 1. The van der Waals surface area contributed by atoms with Crippen LogP contribution in [0.3, 0.4) is 0 Å². The van der Waals surface area contributed by atoms with Crippen molar-refractivity contribution in [2.24, 2.45) is 0 Å². The highest BCUT2D eigenvalue weighted by atomic mass is 32.2. The van der Waals surface area contributed by atoms with Gasteiger partial charge >= 0.3 is 6.03 Å². The number of urea groups is 1. The van der Waals surface area contributed by atoms with Gasteiger partial charge in [-0.1, -0.05) is 0 Å². The van der Waals surface area contributed by atoms with Gasteiger partial charge in [-0.15, -0.1) is 0 Å². The smallest absolute Gasteiger partial charge is 0.319 e. The minimum Gasteiger partial charge on any atom is -0.378 e. The van der Waals surface area contributed by atoms with E-state index in [1.54, 1.807) is 0 Å². The van der Waals surface area contributed by atoms with Crippen molar-refractivity contribution < 1.29 is 9.53 Å². The lowest BCUT2D eigenvalue weighted by molar-refractivity contribution is 0.122. The molecule has 2 heterocycles. The highest BCUT2D eigenvalue weighted by Crippen LogP contribution is 2.33. The van der Waals surface area contributed by atoms with E-state index in [1.807, 2.05) is 24.3 Å². The molecule has 2 amide bonds. The van der Waals surface area contributed by atoms with Crippen LogP contribution in [-0.2, 0) is 21.2 Å². The Kier molecular flexibility index (Phi) is 7.38. The predicted octanol–water partition coefficient (Wildman–Crippen LogP) is 4.50. The molecule has 2 aromatic rings. The van der Waals surface area contributed by atoms with Crippen LogP contribution in [0.25, 0.3) is 11.4 Å². The minimum absolute atomic E-state index is 0.127. The van der Waals surface area contributed by atoms with Gasteiger partial charge in [0.2, 0.25) is 0 Å². The van der Waals surface area contributed by atoms with Crippen LogP contribution in [0, 0.1) is 0 Å². The summed E-state index contributed by atoms with van der Waals surface area (Å²) in [6, 6.07) is 10.1. The first-order valence-electron chi connectivity index (χ1n) is 12.2. The Morgan fingerprint density at radius 1 is 1.06 bits per heavy atom. The highest BCUT2D eigenvalue weighted by molar-refractivity contribution is 7.80. The molecule has 0 bridgehead atoms. The largest absolute Gasteiger partial charge is 0.378 e. The molecule has 1 aromatic heterocycles. The SMILES string of the molecule is CC(C)(C)[SH+]C(C)(C)c1cc(N2CCOCC2)nc(-c2ccc(NC(=O)NC3CCC3)cc2)n1. The van der Waals surface area contributed by atoms with Crippen LogP contribution in [0.4, 0.5) is 16.3 Å². The summed E-state index contributed by atoms with van der Waals surface area (Å²) in [7, 11) is 0. The van der Waals surface area contributed by atoms with Gasteiger partial charge in [0.25, 0.3) is 0 Å². The molecule has 4 rings (SSSR count). The van der Waals surface area contributed by atoms with Crippen molar-refractivity contribution in [2.75, 3.05) is 36.5 Å². The van der Waals surface area contributed by atoms with Gasteiger partial charge in [-0.25, -0.2) is 14.8 Å². The second kappa shape index (κ2) is 10.1. The van der Waals surface area contributed by atoms with Gasteiger partial charge in [0.05, 0.1) is 13.2 Å². The van der Waals surface area contributed by atoms with Gasteiger partial charge in [0.1, 0.15) is 16.3 Å². The third-order valence-corrected chi connectivity index (χ3v) is 7.59. The predicted molar refractivity (Wildman–Crippen MR) is 142 cm³/mol.